The minimum Gasteiger partial charge on any atom is -0.324 e. The molecular weight excluding hydrogens is 268 g/mol. The molecule has 0 bridgehead atoms. The van der Waals surface area contributed by atoms with E-state index in [0.29, 0.717) is 0 Å². The Kier molecular flexibility index (Phi) is 5.50. The second-order valence-electron chi connectivity index (χ2n) is 8.88. The standard InChI is InChI=1S/C20H40N2/c1-3-21(13-5-6-14-21)17-19-9-11-20(12-10-19)18-22(4-2)15-7-8-16-22/h19-20H,3-18H2,1-2H3/q+2. The fourth-order valence-corrected chi connectivity index (χ4v) is 5.96. The molecule has 2 aliphatic heterocycles. The normalized spacial score (nSPS) is 34.1. The molecule has 0 atom stereocenters. The van der Waals surface area contributed by atoms with E-state index in [2.05, 4.69) is 13.8 Å². The third-order valence-electron chi connectivity index (χ3n) is 7.63. The van der Waals surface area contributed by atoms with Crippen LogP contribution in [-0.4, -0.2) is 61.3 Å². The maximum absolute atomic E-state index is 2.43. The summed E-state index contributed by atoms with van der Waals surface area (Å²) in [5, 5.41) is 0. The van der Waals surface area contributed by atoms with Crippen molar-refractivity contribution >= 4 is 0 Å². The van der Waals surface area contributed by atoms with Crippen molar-refractivity contribution in [3.63, 3.8) is 0 Å². The molecule has 22 heavy (non-hydrogen) atoms. The molecule has 2 heteroatoms. The number of hydrogen-bond donors (Lipinski definition) is 0. The summed E-state index contributed by atoms with van der Waals surface area (Å²) in [4.78, 5) is 0. The van der Waals surface area contributed by atoms with Gasteiger partial charge < -0.3 is 8.97 Å². The maximum atomic E-state index is 2.43. The van der Waals surface area contributed by atoms with E-state index in [4.69, 9.17) is 0 Å². The van der Waals surface area contributed by atoms with Gasteiger partial charge in [-0.1, -0.05) is 0 Å². The van der Waals surface area contributed by atoms with Crippen molar-refractivity contribution in [1.82, 2.24) is 0 Å². The van der Waals surface area contributed by atoms with Gasteiger partial charge in [-0.2, -0.15) is 0 Å². The summed E-state index contributed by atoms with van der Waals surface area (Å²) >= 11 is 0. The number of rotatable bonds is 6. The molecule has 2 heterocycles. The molecule has 0 amide bonds. The van der Waals surface area contributed by atoms with E-state index in [0.717, 1.165) is 11.8 Å². The van der Waals surface area contributed by atoms with Gasteiger partial charge in [0.1, 0.15) is 0 Å². The Morgan fingerprint density at radius 3 is 1.18 bits per heavy atom. The Hall–Kier alpha value is -0.0800. The molecule has 0 aromatic carbocycles. The van der Waals surface area contributed by atoms with Gasteiger partial charge in [0, 0.05) is 37.5 Å². The van der Waals surface area contributed by atoms with Gasteiger partial charge in [-0.05, 0) is 39.5 Å². The average Bonchev–Trinajstić information content (AvgIpc) is 3.20. The lowest BCUT2D eigenvalue weighted by molar-refractivity contribution is -0.920. The van der Waals surface area contributed by atoms with Crippen LogP contribution in [0.3, 0.4) is 0 Å². The molecule has 3 rings (SSSR count). The predicted octanol–water partition coefficient (Wildman–Crippen LogP) is 4.05. The highest BCUT2D eigenvalue weighted by Crippen LogP contribution is 2.35. The first-order chi connectivity index (χ1) is 10.7. The molecule has 0 unspecified atom stereocenters. The number of likely N-dealkylation sites (tertiary alicyclic amines) is 2. The van der Waals surface area contributed by atoms with E-state index < -0.39 is 0 Å². The van der Waals surface area contributed by atoms with Crippen molar-refractivity contribution < 1.29 is 8.97 Å². The zero-order valence-corrected chi connectivity index (χ0v) is 15.4. The SMILES string of the molecule is CC[N+]1(CC2CCC(C[N+]3(CC)CCCC3)CC2)CCCC1. The molecule has 1 saturated carbocycles. The zero-order chi connectivity index (χ0) is 15.5. The Balaban J connectivity index is 1.46. The molecule has 0 radical (unpaired) electrons. The summed E-state index contributed by atoms with van der Waals surface area (Å²) in [7, 11) is 0. The Bertz CT molecular complexity index is 298. The van der Waals surface area contributed by atoms with Crippen LogP contribution >= 0.6 is 0 Å². The summed E-state index contributed by atoms with van der Waals surface area (Å²) in [6.45, 7) is 16.6. The topological polar surface area (TPSA) is 0 Å². The van der Waals surface area contributed by atoms with Gasteiger partial charge in [0.2, 0.25) is 0 Å². The molecule has 2 saturated heterocycles. The van der Waals surface area contributed by atoms with Crippen LogP contribution in [0.1, 0.15) is 65.2 Å². The molecule has 3 aliphatic rings. The second kappa shape index (κ2) is 7.21. The van der Waals surface area contributed by atoms with Crippen LogP contribution in [0.15, 0.2) is 0 Å². The summed E-state index contributed by atoms with van der Waals surface area (Å²) in [5.74, 6) is 2.09. The first-order valence-electron chi connectivity index (χ1n) is 10.4. The van der Waals surface area contributed by atoms with Crippen molar-refractivity contribution in [3.8, 4) is 0 Å². The number of hydrogen-bond acceptors (Lipinski definition) is 0. The van der Waals surface area contributed by atoms with Crippen molar-refractivity contribution in [1.29, 1.82) is 0 Å². The number of nitrogens with zero attached hydrogens (tertiary/aromatic N) is 2. The predicted molar refractivity (Wildman–Crippen MR) is 94.7 cm³/mol. The van der Waals surface area contributed by atoms with Crippen LogP contribution in [0.2, 0.25) is 0 Å². The first-order valence-corrected chi connectivity index (χ1v) is 10.4. The van der Waals surface area contributed by atoms with Gasteiger partial charge in [-0.15, -0.1) is 0 Å². The lowest BCUT2D eigenvalue weighted by atomic mass is 9.81. The second-order valence-corrected chi connectivity index (χ2v) is 8.88. The Morgan fingerprint density at radius 2 is 0.909 bits per heavy atom. The lowest BCUT2D eigenvalue weighted by Gasteiger charge is -2.41. The van der Waals surface area contributed by atoms with Crippen molar-refractivity contribution in [2.75, 3.05) is 52.4 Å². The van der Waals surface area contributed by atoms with Crippen LogP contribution in [0.25, 0.3) is 0 Å². The number of quaternary nitrogens is 2. The van der Waals surface area contributed by atoms with E-state index in [1.807, 2.05) is 0 Å². The third kappa shape index (κ3) is 3.70. The van der Waals surface area contributed by atoms with Crippen LogP contribution < -0.4 is 0 Å². The largest absolute Gasteiger partial charge is 0.324 e. The maximum Gasteiger partial charge on any atom is 0.0815 e. The molecular formula is C20H40N2+2. The third-order valence-corrected chi connectivity index (χ3v) is 7.63. The summed E-state index contributed by atoms with van der Waals surface area (Å²) in [6, 6.07) is 0. The van der Waals surface area contributed by atoms with Gasteiger partial charge >= 0.3 is 0 Å². The molecule has 0 N–H and O–H groups in total. The van der Waals surface area contributed by atoms with Gasteiger partial charge in [0.05, 0.1) is 52.4 Å². The molecule has 0 aromatic rings. The van der Waals surface area contributed by atoms with Gasteiger partial charge in [0.25, 0.3) is 0 Å². The minimum atomic E-state index is 1.04. The molecule has 3 fully saturated rings. The summed E-state index contributed by atoms with van der Waals surface area (Å²) < 4.78 is 2.93. The molecule has 0 spiro atoms. The monoisotopic (exact) mass is 308 g/mol. The highest BCUT2D eigenvalue weighted by Gasteiger charge is 2.37. The van der Waals surface area contributed by atoms with E-state index in [9.17, 15) is 0 Å². The van der Waals surface area contributed by atoms with Crippen LogP contribution in [0.4, 0.5) is 0 Å². The Morgan fingerprint density at radius 1 is 0.591 bits per heavy atom. The molecule has 128 valence electrons. The van der Waals surface area contributed by atoms with Crippen LogP contribution in [0.5, 0.6) is 0 Å². The fraction of sp³-hybridized carbons (Fsp3) is 1.00. The van der Waals surface area contributed by atoms with Crippen molar-refractivity contribution in [2.24, 2.45) is 11.8 Å². The Labute approximate surface area is 139 Å². The minimum absolute atomic E-state index is 1.04. The highest BCUT2D eigenvalue weighted by atomic mass is 15.4. The quantitative estimate of drug-likeness (QED) is 0.649. The molecule has 2 nitrogen and oxygen atoms in total. The highest BCUT2D eigenvalue weighted by molar-refractivity contribution is 4.74. The van der Waals surface area contributed by atoms with Gasteiger partial charge in [-0.25, -0.2) is 0 Å². The van der Waals surface area contributed by atoms with Gasteiger partial charge in [0.15, 0.2) is 0 Å². The van der Waals surface area contributed by atoms with E-state index in [1.54, 1.807) is 0 Å². The first kappa shape index (κ1) is 16.8. The van der Waals surface area contributed by atoms with Crippen LogP contribution in [-0.2, 0) is 0 Å². The zero-order valence-electron chi connectivity index (χ0n) is 15.4. The van der Waals surface area contributed by atoms with Crippen molar-refractivity contribution in [3.05, 3.63) is 0 Å². The molecule has 0 aromatic heterocycles. The van der Waals surface area contributed by atoms with Gasteiger partial charge in [-0.3, -0.25) is 0 Å². The smallest absolute Gasteiger partial charge is 0.0815 e. The van der Waals surface area contributed by atoms with Crippen LogP contribution in [0, 0.1) is 11.8 Å². The van der Waals surface area contributed by atoms with E-state index in [1.165, 1.54) is 113 Å². The van der Waals surface area contributed by atoms with E-state index >= 15 is 0 Å². The summed E-state index contributed by atoms with van der Waals surface area (Å²) in [6.07, 6.45) is 12.1. The lowest BCUT2D eigenvalue weighted by Crippen LogP contribution is -2.50. The molecule has 1 aliphatic carbocycles. The average molecular weight is 309 g/mol. The fourth-order valence-electron chi connectivity index (χ4n) is 5.96. The van der Waals surface area contributed by atoms with Crippen molar-refractivity contribution in [2.45, 2.75) is 65.2 Å². The van der Waals surface area contributed by atoms with E-state index in [-0.39, 0.29) is 0 Å². The summed E-state index contributed by atoms with van der Waals surface area (Å²) in [5.41, 5.74) is 0.